The fourth-order valence-corrected chi connectivity index (χ4v) is 5.75. The predicted molar refractivity (Wildman–Crippen MR) is 167 cm³/mol. The summed E-state index contributed by atoms with van der Waals surface area (Å²) in [5.74, 6) is -0.444. The fourth-order valence-electron chi connectivity index (χ4n) is 4.65. The summed E-state index contributed by atoms with van der Waals surface area (Å²) in [4.78, 5) is 25.4. The molecule has 11 nitrogen and oxygen atoms in total. The van der Waals surface area contributed by atoms with E-state index in [1.165, 1.54) is 21.2 Å². The van der Waals surface area contributed by atoms with Gasteiger partial charge in [-0.1, -0.05) is 48.2 Å². The molecule has 0 fully saturated rings. The van der Waals surface area contributed by atoms with Crippen molar-refractivity contribution in [3.8, 4) is 5.75 Å². The van der Waals surface area contributed by atoms with Crippen LogP contribution in [0.15, 0.2) is 87.6 Å². The van der Waals surface area contributed by atoms with E-state index in [0.29, 0.717) is 32.6 Å². The number of hydroxylamine groups is 1. The number of para-hydroxylation sites is 2. The number of carboxylic acids is 1. The quantitative estimate of drug-likeness (QED) is 0.0499. The van der Waals surface area contributed by atoms with Crippen molar-refractivity contribution in [3.05, 3.63) is 78.4 Å². The van der Waals surface area contributed by atoms with Crippen molar-refractivity contribution >= 4 is 35.1 Å². The lowest BCUT2D eigenvalue weighted by atomic mass is 10.1. The van der Waals surface area contributed by atoms with Crippen molar-refractivity contribution in [2.24, 2.45) is 16.5 Å². The topological polar surface area (TPSA) is 165 Å². The van der Waals surface area contributed by atoms with E-state index in [0.717, 1.165) is 11.3 Å². The van der Waals surface area contributed by atoms with E-state index in [9.17, 15) is 15.0 Å². The van der Waals surface area contributed by atoms with E-state index in [4.69, 9.17) is 25.8 Å². The number of ether oxygens (including phenoxy) is 2. The Morgan fingerprint density at radius 1 is 1.02 bits per heavy atom. The number of aliphatic imine (C=N–C) groups is 1. The van der Waals surface area contributed by atoms with Crippen LogP contribution < -0.4 is 26.6 Å². The maximum atomic E-state index is 11.6. The first-order chi connectivity index (χ1) is 20.9. The van der Waals surface area contributed by atoms with Gasteiger partial charge in [0, 0.05) is 29.4 Å². The number of aliphatic carboxylic acids is 1. The molecule has 3 aromatic carbocycles. The van der Waals surface area contributed by atoms with Gasteiger partial charge in [-0.05, 0) is 61.7 Å². The molecule has 2 unspecified atom stereocenters. The van der Waals surface area contributed by atoms with Crippen molar-refractivity contribution < 1.29 is 29.3 Å². The molecule has 1 aliphatic rings. The number of fused-ring (bicyclic) bond motifs is 2. The van der Waals surface area contributed by atoms with E-state index in [2.05, 4.69) is 63.9 Å². The monoisotopic (exact) mass is 609 g/mol. The number of nitrogens with zero attached hydrogens (tertiary/aromatic N) is 2. The highest BCUT2D eigenvalue weighted by Crippen LogP contribution is 2.47. The normalized spacial score (nSPS) is 14.2. The van der Waals surface area contributed by atoms with Crippen molar-refractivity contribution in [2.75, 3.05) is 31.2 Å². The van der Waals surface area contributed by atoms with Crippen molar-refractivity contribution in [2.45, 2.75) is 54.4 Å². The number of aliphatic hydroxyl groups excluding tert-OH is 1. The number of nitrogens with two attached hydrogens (primary N) is 2. The molecule has 0 amide bonds. The number of nitrogens with one attached hydrogen (secondary N) is 1. The van der Waals surface area contributed by atoms with E-state index >= 15 is 0 Å². The summed E-state index contributed by atoms with van der Waals surface area (Å²) in [5, 5.41) is 20.1. The molecular formula is C31H39N5O6S. The number of hydrogen-bond acceptors (Lipinski definition) is 9. The second kappa shape index (κ2) is 16.1. The lowest BCUT2D eigenvalue weighted by molar-refractivity contribution is -0.216. The van der Waals surface area contributed by atoms with Crippen LogP contribution in [0.25, 0.3) is 0 Å². The maximum Gasteiger partial charge on any atom is 0.323 e. The lowest BCUT2D eigenvalue weighted by Gasteiger charge is -2.32. The highest BCUT2D eigenvalue weighted by molar-refractivity contribution is 7.99. The van der Waals surface area contributed by atoms with E-state index < -0.39 is 24.4 Å². The smallest absolute Gasteiger partial charge is 0.323 e. The Balaban J connectivity index is 1.29. The van der Waals surface area contributed by atoms with Gasteiger partial charge in [-0.2, -0.15) is 5.48 Å². The molecule has 0 radical (unpaired) electrons. The zero-order chi connectivity index (χ0) is 30.6. The maximum absolute atomic E-state index is 11.6. The second-order valence-electron chi connectivity index (χ2n) is 9.85. The van der Waals surface area contributed by atoms with Gasteiger partial charge in [0.25, 0.3) is 0 Å². The van der Waals surface area contributed by atoms with Crippen LogP contribution in [0, 0.1) is 0 Å². The third-order valence-corrected chi connectivity index (χ3v) is 7.88. The number of benzene rings is 3. The van der Waals surface area contributed by atoms with Crippen LogP contribution >= 0.6 is 11.8 Å². The first kappa shape index (κ1) is 32.1. The molecular weight excluding hydrogens is 570 g/mol. The number of aliphatic hydroxyl groups is 1. The molecule has 43 heavy (non-hydrogen) atoms. The highest BCUT2D eigenvalue weighted by Gasteiger charge is 2.25. The first-order valence-electron chi connectivity index (χ1n) is 14.2. The summed E-state index contributed by atoms with van der Waals surface area (Å²) in [5.41, 5.74) is 16.3. The number of hydrogen-bond donors (Lipinski definition) is 5. The van der Waals surface area contributed by atoms with Gasteiger partial charge in [-0.15, -0.1) is 0 Å². The van der Waals surface area contributed by atoms with Gasteiger partial charge < -0.3 is 36.1 Å². The van der Waals surface area contributed by atoms with Crippen molar-refractivity contribution in [3.63, 3.8) is 0 Å². The first-order valence-corrected chi connectivity index (χ1v) is 15.0. The van der Waals surface area contributed by atoms with Crippen LogP contribution in [0.5, 0.6) is 5.75 Å². The molecule has 3 aromatic rings. The molecule has 0 aliphatic carbocycles. The van der Waals surface area contributed by atoms with E-state index in [-0.39, 0.29) is 18.9 Å². The summed E-state index contributed by atoms with van der Waals surface area (Å²) in [6, 6.07) is 23.3. The van der Waals surface area contributed by atoms with Gasteiger partial charge in [-0.25, -0.2) is 0 Å². The molecule has 0 saturated carbocycles. The SMILES string of the molecule is CCO[C@@H](Cc1ccc(OCCN2c3ccccc3Sc3ccccc32)cc1)C(O)ONC(CCCN=C(N)N)C(=O)O. The van der Waals surface area contributed by atoms with Gasteiger partial charge in [-0.3, -0.25) is 14.6 Å². The number of guanidine groups is 1. The van der Waals surface area contributed by atoms with Crippen LogP contribution in [0.2, 0.25) is 0 Å². The average molecular weight is 610 g/mol. The van der Waals surface area contributed by atoms with Crippen molar-refractivity contribution in [1.29, 1.82) is 0 Å². The number of rotatable bonds is 17. The summed E-state index contributed by atoms with van der Waals surface area (Å²) in [6.07, 6.45) is -1.16. The Morgan fingerprint density at radius 2 is 1.67 bits per heavy atom. The van der Waals surface area contributed by atoms with Gasteiger partial charge in [0.15, 0.2) is 5.96 Å². The second-order valence-corrected chi connectivity index (χ2v) is 10.9. The average Bonchev–Trinajstić information content (AvgIpc) is 3.00. The molecule has 0 bridgehead atoms. The third-order valence-electron chi connectivity index (χ3n) is 6.75. The Labute approximate surface area is 255 Å². The zero-order valence-electron chi connectivity index (χ0n) is 24.1. The molecule has 230 valence electrons. The molecule has 4 rings (SSSR count). The van der Waals surface area contributed by atoms with Crippen LogP contribution in [-0.4, -0.2) is 66.9 Å². The largest absolute Gasteiger partial charge is 0.492 e. The van der Waals surface area contributed by atoms with Crippen molar-refractivity contribution in [1.82, 2.24) is 5.48 Å². The minimum atomic E-state index is -1.40. The summed E-state index contributed by atoms with van der Waals surface area (Å²) in [7, 11) is 0. The summed E-state index contributed by atoms with van der Waals surface area (Å²) >= 11 is 1.78. The minimum Gasteiger partial charge on any atom is -0.492 e. The van der Waals surface area contributed by atoms with Crippen LogP contribution in [0.1, 0.15) is 25.3 Å². The molecule has 7 N–H and O–H groups in total. The molecule has 0 spiro atoms. The highest BCUT2D eigenvalue weighted by atomic mass is 32.2. The van der Waals surface area contributed by atoms with E-state index in [1.807, 2.05) is 31.2 Å². The van der Waals surface area contributed by atoms with Crippen LogP contribution in [0.4, 0.5) is 11.4 Å². The molecule has 12 heteroatoms. The number of carbonyl (C=O) groups is 1. The molecule has 1 heterocycles. The lowest BCUT2D eigenvalue weighted by Crippen LogP contribution is -2.44. The third kappa shape index (κ3) is 9.34. The standard InChI is InChI=1S/C31H39N5O6S/c1-2-40-26(30(39)42-35-23(29(37)38)8-7-17-34-31(32)33)20-21-13-15-22(16-14-21)41-19-18-36-24-9-3-5-11-27(24)43-28-12-6-4-10-25(28)36/h3-6,9-16,23,26,30,35,39H,2,7-8,17-20H2,1H3,(H,37,38)(H4,32,33,34)/t23?,26-,30?/m0/s1. The Kier molecular flexibility index (Phi) is 12.1. The summed E-state index contributed by atoms with van der Waals surface area (Å²) < 4.78 is 11.8. The predicted octanol–water partition coefficient (Wildman–Crippen LogP) is 3.66. The Morgan fingerprint density at radius 3 is 2.28 bits per heavy atom. The molecule has 0 aromatic heterocycles. The Hall–Kier alpha value is -3.81. The van der Waals surface area contributed by atoms with Gasteiger partial charge >= 0.3 is 5.97 Å². The Bertz CT molecular complexity index is 1310. The fraction of sp³-hybridized carbons (Fsp3) is 0.355. The number of carboxylic acid groups (broad SMARTS) is 1. The molecule has 0 saturated heterocycles. The zero-order valence-corrected chi connectivity index (χ0v) is 24.9. The van der Waals surface area contributed by atoms with Gasteiger partial charge in [0.2, 0.25) is 6.29 Å². The van der Waals surface area contributed by atoms with Gasteiger partial charge in [0.1, 0.15) is 24.5 Å². The minimum absolute atomic E-state index is 0.0559. The summed E-state index contributed by atoms with van der Waals surface area (Å²) in [6.45, 7) is 3.62. The van der Waals surface area contributed by atoms with Crippen LogP contribution in [-0.2, 0) is 20.8 Å². The van der Waals surface area contributed by atoms with Crippen LogP contribution in [0.3, 0.4) is 0 Å². The van der Waals surface area contributed by atoms with Gasteiger partial charge in [0.05, 0.1) is 17.9 Å². The number of anilines is 2. The molecule has 3 atom stereocenters. The van der Waals surface area contributed by atoms with E-state index in [1.54, 1.807) is 11.8 Å². The molecule has 1 aliphatic heterocycles.